The van der Waals surface area contributed by atoms with Crippen LogP contribution >= 0.6 is 0 Å². The van der Waals surface area contributed by atoms with Gasteiger partial charge in [-0.2, -0.15) is 5.26 Å². The third kappa shape index (κ3) is 2.26. The Labute approximate surface area is 102 Å². The maximum atomic E-state index is 12.3. The van der Waals surface area contributed by atoms with E-state index in [4.69, 9.17) is 5.26 Å². The highest BCUT2D eigenvalue weighted by atomic mass is 16.1. The maximum absolute atomic E-state index is 12.3. The van der Waals surface area contributed by atoms with Crippen molar-refractivity contribution in [3.05, 3.63) is 33.7 Å². The summed E-state index contributed by atoms with van der Waals surface area (Å²) in [6, 6.07) is 6.23. The van der Waals surface area contributed by atoms with Crippen LogP contribution in [0.5, 0.6) is 0 Å². The molecule has 0 saturated heterocycles. The molecule has 17 heavy (non-hydrogen) atoms. The quantitative estimate of drug-likeness (QED) is 0.783. The van der Waals surface area contributed by atoms with Gasteiger partial charge in [-0.3, -0.25) is 4.79 Å². The molecule has 1 aromatic rings. The van der Waals surface area contributed by atoms with Crippen LogP contribution in [0.4, 0.5) is 0 Å². The molecule has 2 rings (SSSR count). The summed E-state index contributed by atoms with van der Waals surface area (Å²) in [5.41, 5.74) is 1.69. The highest BCUT2D eigenvalue weighted by Crippen LogP contribution is 2.37. The molecule has 3 heteroatoms. The average molecular weight is 230 g/mol. The monoisotopic (exact) mass is 230 g/mol. The van der Waals surface area contributed by atoms with Crippen molar-refractivity contribution in [2.45, 2.75) is 51.5 Å². The molecule has 0 radical (unpaired) electrons. The van der Waals surface area contributed by atoms with Gasteiger partial charge in [0.25, 0.3) is 5.56 Å². The predicted molar refractivity (Wildman–Crippen MR) is 67.0 cm³/mol. The number of nitrogens with zero attached hydrogens (tertiary/aromatic N) is 2. The molecule has 0 amide bonds. The van der Waals surface area contributed by atoms with E-state index in [9.17, 15) is 4.79 Å². The van der Waals surface area contributed by atoms with Gasteiger partial charge in [-0.15, -0.1) is 0 Å². The van der Waals surface area contributed by atoms with Crippen LogP contribution in [0.15, 0.2) is 16.9 Å². The Balaban J connectivity index is 2.60. The minimum atomic E-state index is -0.0348. The molecular formula is C14H18N2O. The smallest absolute Gasteiger partial charge is 0.255 e. The molecule has 0 atom stereocenters. The summed E-state index contributed by atoms with van der Waals surface area (Å²) in [6.07, 6.45) is 2.37. The minimum absolute atomic E-state index is 0.0291. The first-order chi connectivity index (χ1) is 7.95. The third-order valence-electron chi connectivity index (χ3n) is 3.15. The van der Waals surface area contributed by atoms with Crippen molar-refractivity contribution in [2.75, 3.05) is 0 Å². The lowest BCUT2D eigenvalue weighted by atomic mass is 9.90. The SMILES string of the molecule is CC(C)(C)c1ccc(CC#N)c(=O)n1C1CC1. The molecule has 3 nitrogen and oxygen atoms in total. The Bertz CT molecular complexity index is 525. The van der Waals surface area contributed by atoms with Crippen molar-refractivity contribution in [1.29, 1.82) is 5.26 Å². The van der Waals surface area contributed by atoms with Crippen LogP contribution in [0.3, 0.4) is 0 Å². The van der Waals surface area contributed by atoms with Gasteiger partial charge in [0.15, 0.2) is 0 Å². The van der Waals surface area contributed by atoms with E-state index in [1.807, 2.05) is 16.7 Å². The topological polar surface area (TPSA) is 45.8 Å². The van der Waals surface area contributed by atoms with Gasteiger partial charge >= 0.3 is 0 Å². The van der Waals surface area contributed by atoms with Crippen molar-refractivity contribution in [1.82, 2.24) is 4.57 Å². The highest BCUT2D eigenvalue weighted by Gasteiger charge is 2.30. The van der Waals surface area contributed by atoms with Crippen LogP contribution in [0.2, 0.25) is 0 Å². The van der Waals surface area contributed by atoms with E-state index in [0.29, 0.717) is 11.6 Å². The molecule has 1 fully saturated rings. The summed E-state index contributed by atoms with van der Waals surface area (Å²) in [7, 11) is 0. The molecule has 1 saturated carbocycles. The average Bonchev–Trinajstić information content (AvgIpc) is 3.03. The zero-order valence-corrected chi connectivity index (χ0v) is 10.7. The van der Waals surface area contributed by atoms with E-state index in [2.05, 4.69) is 26.8 Å². The van der Waals surface area contributed by atoms with Gasteiger partial charge in [-0.1, -0.05) is 26.8 Å². The standard InChI is InChI=1S/C14H18N2O/c1-14(2,3)12-7-4-10(8-9-15)13(17)16(12)11-5-6-11/h4,7,11H,5-6,8H2,1-3H3. The van der Waals surface area contributed by atoms with Crippen LogP contribution < -0.4 is 5.56 Å². The van der Waals surface area contributed by atoms with E-state index in [1.54, 1.807) is 0 Å². The molecule has 1 aliphatic rings. The Morgan fingerprint density at radius 1 is 1.41 bits per heavy atom. The Kier molecular flexibility index (Phi) is 2.82. The second-order valence-corrected chi connectivity index (χ2v) is 5.74. The van der Waals surface area contributed by atoms with E-state index in [1.165, 1.54) is 0 Å². The number of rotatable bonds is 2. The predicted octanol–water partition coefficient (Wildman–Crippen LogP) is 2.55. The molecule has 1 aliphatic carbocycles. The number of nitriles is 1. The van der Waals surface area contributed by atoms with Crippen molar-refractivity contribution in [3.8, 4) is 6.07 Å². The molecule has 0 bridgehead atoms. The fourth-order valence-corrected chi connectivity index (χ4v) is 2.12. The van der Waals surface area contributed by atoms with E-state index in [-0.39, 0.29) is 17.4 Å². The van der Waals surface area contributed by atoms with Crippen LogP contribution in [-0.2, 0) is 11.8 Å². The first kappa shape index (κ1) is 11.9. The van der Waals surface area contributed by atoms with Gasteiger partial charge in [-0.25, -0.2) is 0 Å². The van der Waals surface area contributed by atoms with Crippen molar-refractivity contribution < 1.29 is 0 Å². The zero-order valence-electron chi connectivity index (χ0n) is 10.7. The third-order valence-corrected chi connectivity index (χ3v) is 3.15. The van der Waals surface area contributed by atoms with Crippen LogP contribution in [-0.4, -0.2) is 4.57 Å². The van der Waals surface area contributed by atoms with Gasteiger partial charge < -0.3 is 4.57 Å². The second-order valence-electron chi connectivity index (χ2n) is 5.74. The summed E-state index contributed by atoms with van der Waals surface area (Å²) in [5, 5.41) is 8.72. The zero-order chi connectivity index (χ0) is 12.6. The number of hydrogen-bond donors (Lipinski definition) is 0. The van der Waals surface area contributed by atoms with E-state index in [0.717, 1.165) is 18.5 Å². The number of aromatic nitrogens is 1. The molecule has 0 spiro atoms. The van der Waals surface area contributed by atoms with Crippen molar-refractivity contribution in [3.63, 3.8) is 0 Å². The van der Waals surface area contributed by atoms with Gasteiger partial charge in [0, 0.05) is 22.7 Å². The first-order valence-corrected chi connectivity index (χ1v) is 6.07. The molecule has 1 aromatic heterocycles. The molecule has 0 aromatic carbocycles. The molecule has 1 heterocycles. The van der Waals surface area contributed by atoms with Gasteiger partial charge in [0.2, 0.25) is 0 Å². The fraction of sp³-hybridized carbons (Fsp3) is 0.571. The molecule has 90 valence electrons. The number of hydrogen-bond acceptors (Lipinski definition) is 2. The highest BCUT2D eigenvalue weighted by molar-refractivity contribution is 5.24. The molecule has 0 unspecified atom stereocenters. The van der Waals surface area contributed by atoms with E-state index < -0.39 is 0 Å². The normalized spacial score (nSPS) is 15.6. The molecule has 0 aliphatic heterocycles. The largest absolute Gasteiger partial charge is 0.309 e. The fourth-order valence-electron chi connectivity index (χ4n) is 2.12. The van der Waals surface area contributed by atoms with E-state index >= 15 is 0 Å². The lowest BCUT2D eigenvalue weighted by Crippen LogP contribution is -2.31. The van der Waals surface area contributed by atoms with Crippen LogP contribution in [0, 0.1) is 11.3 Å². The Hall–Kier alpha value is -1.56. The molecular weight excluding hydrogens is 212 g/mol. The Morgan fingerprint density at radius 2 is 2.06 bits per heavy atom. The van der Waals surface area contributed by atoms with Crippen molar-refractivity contribution in [2.24, 2.45) is 0 Å². The number of pyridine rings is 1. The minimum Gasteiger partial charge on any atom is -0.309 e. The summed E-state index contributed by atoms with van der Waals surface area (Å²) in [6.45, 7) is 6.35. The van der Waals surface area contributed by atoms with Crippen LogP contribution in [0.25, 0.3) is 0 Å². The summed E-state index contributed by atoms with van der Waals surface area (Å²) in [5.74, 6) is 0. The second kappa shape index (κ2) is 4.03. The van der Waals surface area contributed by atoms with Gasteiger partial charge in [0.1, 0.15) is 0 Å². The van der Waals surface area contributed by atoms with Crippen molar-refractivity contribution >= 4 is 0 Å². The molecule has 0 N–H and O–H groups in total. The lowest BCUT2D eigenvalue weighted by Gasteiger charge is -2.24. The summed E-state index contributed by atoms with van der Waals surface area (Å²) in [4.78, 5) is 12.3. The Morgan fingerprint density at radius 3 is 2.53 bits per heavy atom. The summed E-state index contributed by atoms with van der Waals surface area (Å²) >= 11 is 0. The van der Waals surface area contributed by atoms with Crippen LogP contribution in [0.1, 0.15) is 50.9 Å². The first-order valence-electron chi connectivity index (χ1n) is 6.07. The summed E-state index contributed by atoms with van der Waals surface area (Å²) < 4.78 is 1.91. The maximum Gasteiger partial charge on any atom is 0.255 e. The van der Waals surface area contributed by atoms with Gasteiger partial charge in [0.05, 0.1) is 12.5 Å². The lowest BCUT2D eigenvalue weighted by molar-refractivity contribution is 0.504. The van der Waals surface area contributed by atoms with Gasteiger partial charge in [-0.05, 0) is 18.9 Å².